The first kappa shape index (κ1) is 17.9. The summed E-state index contributed by atoms with van der Waals surface area (Å²) in [7, 11) is 0. The van der Waals surface area contributed by atoms with Crippen molar-refractivity contribution in [1.82, 2.24) is 10.2 Å². The number of anilines is 2. The van der Waals surface area contributed by atoms with Crippen LogP contribution in [0.15, 0.2) is 28.6 Å². The van der Waals surface area contributed by atoms with E-state index in [9.17, 15) is 9.59 Å². The molecule has 6 nitrogen and oxygen atoms in total. The highest BCUT2D eigenvalue weighted by molar-refractivity contribution is 8.01. The fraction of sp³-hybridized carbons (Fsp3) is 0.412. The van der Waals surface area contributed by atoms with Gasteiger partial charge in [0.2, 0.25) is 16.9 Å². The fourth-order valence-electron chi connectivity index (χ4n) is 2.56. The molecule has 132 valence electrons. The standard InChI is InChI=1S/C17H20N4O2S2/c1-11(2)15(23)18-16-19-20-17(25-16)24-10-14(22)21-9-5-7-12-6-3-4-8-13(12)21/h3-4,6,8,11H,5,7,9-10H2,1-2H3,(H,18,19,23). The summed E-state index contributed by atoms with van der Waals surface area (Å²) in [4.78, 5) is 26.1. The van der Waals surface area contributed by atoms with Crippen LogP contribution in [0.4, 0.5) is 10.8 Å². The first-order chi connectivity index (χ1) is 12.0. The third kappa shape index (κ3) is 4.38. The molecule has 2 heterocycles. The molecule has 0 atom stereocenters. The van der Waals surface area contributed by atoms with Gasteiger partial charge in [-0.25, -0.2) is 0 Å². The van der Waals surface area contributed by atoms with E-state index in [2.05, 4.69) is 21.6 Å². The molecule has 1 N–H and O–H groups in total. The topological polar surface area (TPSA) is 75.2 Å². The molecule has 1 aliphatic heterocycles. The van der Waals surface area contributed by atoms with Crippen molar-refractivity contribution in [1.29, 1.82) is 0 Å². The van der Waals surface area contributed by atoms with Gasteiger partial charge in [-0.3, -0.25) is 9.59 Å². The minimum atomic E-state index is -0.110. The number of nitrogens with one attached hydrogen (secondary N) is 1. The third-order valence-corrected chi connectivity index (χ3v) is 5.85. The van der Waals surface area contributed by atoms with E-state index >= 15 is 0 Å². The van der Waals surface area contributed by atoms with E-state index in [1.54, 1.807) is 0 Å². The SMILES string of the molecule is CC(C)C(=O)Nc1nnc(SCC(=O)N2CCCc3ccccc32)s1. The highest BCUT2D eigenvalue weighted by Gasteiger charge is 2.22. The van der Waals surface area contributed by atoms with Crippen molar-refractivity contribution in [3.8, 4) is 0 Å². The number of hydrogen-bond donors (Lipinski definition) is 1. The number of aromatic nitrogens is 2. The minimum absolute atomic E-state index is 0.0696. The van der Waals surface area contributed by atoms with Crippen LogP contribution < -0.4 is 10.2 Å². The second-order valence-corrected chi connectivity index (χ2v) is 8.28. The number of amides is 2. The van der Waals surface area contributed by atoms with Gasteiger partial charge in [-0.05, 0) is 24.5 Å². The molecule has 1 aromatic heterocycles. The van der Waals surface area contributed by atoms with E-state index in [0.29, 0.717) is 15.2 Å². The largest absolute Gasteiger partial charge is 0.311 e. The molecule has 0 fully saturated rings. The smallest absolute Gasteiger partial charge is 0.237 e. The Hall–Kier alpha value is -1.93. The number of aryl methyl sites for hydroxylation is 1. The van der Waals surface area contributed by atoms with Gasteiger partial charge >= 0.3 is 0 Å². The molecule has 2 aromatic rings. The number of rotatable bonds is 5. The van der Waals surface area contributed by atoms with Gasteiger partial charge in [-0.2, -0.15) is 0 Å². The molecule has 0 saturated carbocycles. The summed E-state index contributed by atoms with van der Waals surface area (Å²) in [6, 6.07) is 8.06. The number of benzene rings is 1. The minimum Gasteiger partial charge on any atom is -0.311 e. The number of nitrogens with zero attached hydrogens (tertiary/aromatic N) is 3. The van der Waals surface area contributed by atoms with E-state index in [1.165, 1.54) is 28.7 Å². The van der Waals surface area contributed by atoms with Crippen LogP contribution in [0.25, 0.3) is 0 Å². The third-order valence-electron chi connectivity index (χ3n) is 3.89. The summed E-state index contributed by atoms with van der Waals surface area (Å²) in [6.45, 7) is 4.39. The van der Waals surface area contributed by atoms with Gasteiger partial charge in [-0.15, -0.1) is 10.2 Å². The predicted molar refractivity (Wildman–Crippen MR) is 101 cm³/mol. The summed E-state index contributed by atoms with van der Waals surface area (Å²) in [5.41, 5.74) is 2.24. The average molecular weight is 377 g/mol. The zero-order chi connectivity index (χ0) is 17.8. The monoisotopic (exact) mass is 376 g/mol. The Morgan fingerprint density at radius 3 is 2.92 bits per heavy atom. The van der Waals surface area contributed by atoms with Crippen molar-refractivity contribution in [2.75, 3.05) is 22.5 Å². The van der Waals surface area contributed by atoms with Crippen LogP contribution in [0.1, 0.15) is 25.8 Å². The molecular weight excluding hydrogens is 356 g/mol. The van der Waals surface area contributed by atoms with Gasteiger partial charge in [-0.1, -0.05) is 55.1 Å². The van der Waals surface area contributed by atoms with Gasteiger partial charge in [0.05, 0.1) is 5.75 Å². The van der Waals surface area contributed by atoms with Gasteiger partial charge in [0.15, 0.2) is 4.34 Å². The maximum absolute atomic E-state index is 12.6. The van der Waals surface area contributed by atoms with Crippen LogP contribution in [-0.4, -0.2) is 34.3 Å². The van der Waals surface area contributed by atoms with Gasteiger partial charge < -0.3 is 10.2 Å². The lowest BCUT2D eigenvalue weighted by molar-refractivity contribution is -0.119. The quantitative estimate of drug-likeness (QED) is 0.641. The number of para-hydroxylation sites is 1. The molecule has 0 unspecified atom stereocenters. The fourth-order valence-corrected chi connectivity index (χ4v) is 4.19. The molecule has 3 rings (SSSR count). The second kappa shape index (κ2) is 7.97. The first-order valence-corrected chi connectivity index (χ1v) is 10.00. The average Bonchev–Trinajstić information content (AvgIpc) is 3.06. The molecule has 0 radical (unpaired) electrons. The Morgan fingerprint density at radius 2 is 2.12 bits per heavy atom. The first-order valence-electron chi connectivity index (χ1n) is 8.20. The maximum Gasteiger partial charge on any atom is 0.237 e. The van der Waals surface area contributed by atoms with Crippen molar-refractivity contribution in [3.05, 3.63) is 29.8 Å². The number of fused-ring (bicyclic) bond motifs is 1. The lowest BCUT2D eigenvalue weighted by atomic mass is 10.0. The molecule has 0 spiro atoms. The molecule has 1 aliphatic rings. The van der Waals surface area contributed by atoms with Gasteiger partial charge in [0.1, 0.15) is 0 Å². The van der Waals surface area contributed by atoms with Gasteiger partial charge in [0, 0.05) is 18.2 Å². The Bertz CT molecular complexity index is 776. The molecule has 0 saturated heterocycles. The van der Waals surface area contributed by atoms with E-state index in [0.717, 1.165) is 25.1 Å². The number of thioether (sulfide) groups is 1. The molecule has 0 aliphatic carbocycles. The summed E-state index contributed by atoms with van der Waals surface area (Å²) in [5.74, 6) is 0.177. The van der Waals surface area contributed by atoms with E-state index in [-0.39, 0.29) is 17.7 Å². The molecule has 0 bridgehead atoms. The number of hydrogen-bond acceptors (Lipinski definition) is 6. The van der Waals surface area contributed by atoms with Crippen LogP contribution in [0, 0.1) is 5.92 Å². The van der Waals surface area contributed by atoms with E-state index < -0.39 is 0 Å². The van der Waals surface area contributed by atoms with Crippen molar-refractivity contribution in [3.63, 3.8) is 0 Å². The molecule has 1 aromatic carbocycles. The normalized spacial score (nSPS) is 13.6. The maximum atomic E-state index is 12.6. The van der Waals surface area contributed by atoms with Crippen LogP contribution >= 0.6 is 23.1 Å². The Morgan fingerprint density at radius 1 is 1.32 bits per heavy atom. The Kier molecular flexibility index (Phi) is 5.70. The van der Waals surface area contributed by atoms with Crippen molar-refractivity contribution >= 4 is 45.7 Å². The summed E-state index contributed by atoms with van der Waals surface area (Å²) in [6.07, 6.45) is 2.00. The summed E-state index contributed by atoms with van der Waals surface area (Å²) < 4.78 is 0.678. The van der Waals surface area contributed by atoms with Crippen molar-refractivity contribution < 1.29 is 9.59 Å². The summed E-state index contributed by atoms with van der Waals surface area (Å²) >= 11 is 2.65. The Labute approximate surface area is 155 Å². The van der Waals surface area contributed by atoms with Crippen LogP contribution in [0.5, 0.6) is 0 Å². The molecular formula is C17H20N4O2S2. The van der Waals surface area contributed by atoms with E-state index in [1.807, 2.05) is 36.9 Å². The highest BCUT2D eigenvalue weighted by atomic mass is 32.2. The molecule has 25 heavy (non-hydrogen) atoms. The van der Waals surface area contributed by atoms with Crippen LogP contribution in [0.2, 0.25) is 0 Å². The summed E-state index contributed by atoms with van der Waals surface area (Å²) in [5, 5.41) is 11.2. The lowest BCUT2D eigenvalue weighted by Crippen LogP contribution is -2.36. The number of carbonyl (C=O) groups excluding carboxylic acids is 2. The predicted octanol–water partition coefficient (Wildman–Crippen LogP) is 3.20. The molecule has 8 heteroatoms. The number of carbonyl (C=O) groups is 2. The zero-order valence-corrected chi connectivity index (χ0v) is 15.8. The van der Waals surface area contributed by atoms with Crippen molar-refractivity contribution in [2.24, 2.45) is 5.92 Å². The second-order valence-electron chi connectivity index (χ2n) is 6.08. The van der Waals surface area contributed by atoms with E-state index in [4.69, 9.17) is 0 Å². The van der Waals surface area contributed by atoms with Crippen LogP contribution in [0.3, 0.4) is 0 Å². The highest BCUT2D eigenvalue weighted by Crippen LogP contribution is 2.29. The Balaban J connectivity index is 1.58. The van der Waals surface area contributed by atoms with Gasteiger partial charge in [0.25, 0.3) is 0 Å². The zero-order valence-electron chi connectivity index (χ0n) is 14.2. The molecule has 2 amide bonds. The lowest BCUT2D eigenvalue weighted by Gasteiger charge is -2.29. The van der Waals surface area contributed by atoms with Crippen molar-refractivity contribution in [2.45, 2.75) is 31.0 Å². The van der Waals surface area contributed by atoms with Crippen LogP contribution in [-0.2, 0) is 16.0 Å².